The van der Waals surface area contributed by atoms with Crippen LogP contribution in [0.4, 0.5) is 0 Å². The summed E-state index contributed by atoms with van der Waals surface area (Å²) in [4.78, 5) is 10.00. The quantitative estimate of drug-likeness (QED) is 0.162. The van der Waals surface area contributed by atoms with E-state index in [-0.39, 0.29) is 32.4 Å². The molecule has 0 fully saturated rings. The second-order valence-corrected chi connectivity index (χ2v) is 15.7. The van der Waals surface area contributed by atoms with Crippen LogP contribution in [0.15, 0.2) is 77.9 Å². The summed E-state index contributed by atoms with van der Waals surface area (Å²) in [6.45, 7) is 20.9. The number of pyridine rings is 1. The van der Waals surface area contributed by atoms with Crippen molar-refractivity contribution in [3.8, 4) is 17.2 Å². The van der Waals surface area contributed by atoms with Gasteiger partial charge in [0.25, 0.3) is 0 Å². The smallest absolute Gasteiger partial charge is 0.511 e. The maximum absolute atomic E-state index is 9.37. The summed E-state index contributed by atoms with van der Waals surface area (Å²) < 4.78 is 34.2. The summed E-state index contributed by atoms with van der Waals surface area (Å²) in [5.41, 5.74) is 8.10. The van der Waals surface area contributed by atoms with E-state index in [4.69, 9.17) is 19.5 Å². The van der Waals surface area contributed by atoms with Gasteiger partial charge in [0.2, 0.25) is 0 Å². The average Bonchev–Trinajstić information content (AvgIpc) is 3.61. The minimum absolute atomic E-state index is 0. The van der Waals surface area contributed by atoms with Gasteiger partial charge in [-0.25, -0.2) is 4.98 Å². The van der Waals surface area contributed by atoms with Gasteiger partial charge in [0.05, 0.1) is 5.52 Å². The van der Waals surface area contributed by atoms with Crippen molar-refractivity contribution in [1.82, 2.24) is 9.55 Å². The van der Waals surface area contributed by atoms with Crippen LogP contribution in [0.3, 0.4) is 0 Å². The molecule has 2 aromatic heterocycles. The van der Waals surface area contributed by atoms with Gasteiger partial charge in [-0.05, 0) is 91.1 Å². The van der Waals surface area contributed by atoms with Crippen molar-refractivity contribution in [2.24, 2.45) is 4.99 Å². The molecule has 0 saturated carbocycles. The SMILES string of the molecule is [2H]C1([2H])c2c(ccc(C)c2C)[C@@]2(C)N=C(c3[c-]c(Oc4[c-]c(-n5c6ccc(C(C)(C)C)cc6c6cccnc65)cc(C)c4)cc(C(C)C)c3)O[C@@]12C.[Pt+2]. The molecular weight excluding hydrogens is 810 g/mol. The Morgan fingerprint density at radius 1 is 0.941 bits per heavy atom. The van der Waals surface area contributed by atoms with E-state index < -0.39 is 17.5 Å². The molecule has 1 aliphatic heterocycles. The summed E-state index contributed by atoms with van der Waals surface area (Å²) in [6, 6.07) is 30.0. The van der Waals surface area contributed by atoms with Gasteiger partial charge in [0.1, 0.15) is 22.7 Å². The van der Waals surface area contributed by atoms with Crippen LogP contribution in [-0.2, 0) is 43.1 Å². The summed E-state index contributed by atoms with van der Waals surface area (Å²) in [5.74, 6) is 1.61. The van der Waals surface area contributed by atoms with Crippen molar-refractivity contribution in [3.05, 3.63) is 130 Å². The molecule has 1 aliphatic carbocycles. The molecule has 5 nitrogen and oxygen atoms in total. The van der Waals surface area contributed by atoms with E-state index in [2.05, 4.69) is 94.6 Å². The number of benzene rings is 4. The molecule has 0 N–H and O–H groups in total. The Labute approximate surface area is 319 Å². The standard InChI is InChI=1S/C45H45N3O2.Pt/c1-26(2)30-20-31(42-47-45(10)39-15-13-28(4)29(5)38(39)25-44(45,9)50-42)22-35(21-30)49-34-19-27(3)18-33(24-34)48-40-16-14-32(43(6,7)8)23-37(40)36-12-11-17-46-41(36)48;/h11-21,23,26H,25H2,1-10H3;/q-2;+2/t44-,45+;/m0./s1/i25D2;. The normalized spacial score (nSPS) is 21.1. The number of nitrogens with zero attached hydrogens (tertiary/aromatic N) is 3. The number of ether oxygens (including phenoxy) is 2. The Morgan fingerprint density at radius 3 is 2.45 bits per heavy atom. The Kier molecular flexibility index (Phi) is 7.81. The molecule has 3 heterocycles. The fourth-order valence-corrected chi connectivity index (χ4v) is 7.41. The van der Waals surface area contributed by atoms with Gasteiger partial charge in [-0.2, -0.15) is 5.56 Å². The van der Waals surface area contributed by atoms with Gasteiger partial charge in [0, 0.05) is 37.6 Å². The van der Waals surface area contributed by atoms with Crippen molar-refractivity contribution < 1.29 is 33.3 Å². The van der Waals surface area contributed by atoms with Gasteiger partial charge < -0.3 is 14.0 Å². The predicted octanol–water partition coefficient (Wildman–Crippen LogP) is 10.9. The number of fused-ring (bicyclic) bond motifs is 6. The maximum atomic E-state index is 9.37. The molecule has 0 radical (unpaired) electrons. The summed E-state index contributed by atoms with van der Waals surface area (Å²) in [6.07, 6.45) is 0.0644. The van der Waals surface area contributed by atoms with Crippen LogP contribution < -0.4 is 4.74 Å². The van der Waals surface area contributed by atoms with Crippen LogP contribution in [-0.4, -0.2) is 21.0 Å². The van der Waals surface area contributed by atoms with Gasteiger partial charge in [-0.1, -0.05) is 83.1 Å². The zero-order valence-corrected chi connectivity index (χ0v) is 33.3. The van der Waals surface area contributed by atoms with E-state index in [1.807, 2.05) is 64.2 Å². The zero-order chi connectivity index (χ0) is 37.1. The van der Waals surface area contributed by atoms with Crippen LogP contribution in [0.1, 0.15) is 102 Å². The van der Waals surface area contributed by atoms with Crippen molar-refractivity contribution >= 4 is 27.8 Å². The molecular formula is C45H45N3O2Pt. The first kappa shape index (κ1) is 32.7. The van der Waals surface area contributed by atoms with Crippen LogP contribution in [0.25, 0.3) is 27.6 Å². The van der Waals surface area contributed by atoms with Crippen molar-refractivity contribution in [3.63, 3.8) is 0 Å². The first-order valence-electron chi connectivity index (χ1n) is 18.5. The minimum Gasteiger partial charge on any atom is -0.511 e. The third kappa shape index (κ3) is 5.64. The number of hydrogen-bond donors (Lipinski definition) is 0. The van der Waals surface area contributed by atoms with Crippen molar-refractivity contribution in [2.75, 3.05) is 0 Å². The molecule has 0 saturated heterocycles. The second-order valence-electron chi connectivity index (χ2n) is 15.7. The predicted molar refractivity (Wildman–Crippen MR) is 203 cm³/mol. The molecule has 6 heteroatoms. The molecule has 8 rings (SSSR count). The van der Waals surface area contributed by atoms with E-state index in [0.29, 0.717) is 28.5 Å². The van der Waals surface area contributed by atoms with Crippen molar-refractivity contribution in [2.45, 2.75) is 98.1 Å². The Morgan fingerprint density at radius 2 is 1.71 bits per heavy atom. The molecule has 0 spiro atoms. The number of aryl methyl sites for hydroxylation is 2. The van der Waals surface area contributed by atoms with E-state index in [1.54, 1.807) is 0 Å². The van der Waals surface area contributed by atoms with Gasteiger partial charge >= 0.3 is 21.1 Å². The fourth-order valence-electron chi connectivity index (χ4n) is 7.41. The minimum atomic E-state index is -1.77. The first-order chi connectivity index (χ1) is 24.4. The van der Waals surface area contributed by atoms with Crippen LogP contribution in [0.2, 0.25) is 0 Å². The molecule has 2 aliphatic rings. The Hall–Kier alpha value is -4.21. The van der Waals surface area contributed by atoms with E-state index in [1.165, 1.54) is 5.56 Å². The third-order valence-electron chi connectivity index (χ3n) is 10.8. The fraction of sp³-hybridized carbons (Fsp3) is 0.333. The number of rotatable bonds is 5. The molecule has 6 aromatic rings. The topological polar surface area (TPSA) is 48.6 Å². The summed E-state index contributed by atoms with van der Waals surface area (Å²) in [5, 5.41) is 2.24. The summed E-state index contributed by atoms with van der Waals surface area (Å²) in [7, 11) is 0. The first-order valence-corrected chi connectivity index (χ1v) is 17.5. The second kappa shape index (κ2) is 12.2. The summed E-state index contributed by atoms with van der Waals surface area (Å²) >= 11 is 0. The van der Waals surface area contributed by atoms with E-state index in [0.717, 1.165) is 55.4 Å². The van der Waals surface area contributed by atoms with Crippen LogP contribution in [0, 0.1) is 32.9 Å². The molecule has 262 valence electrons. The van der Waals surface area contributed by atoms with E-state index >= 15 is 0 Å². The van der Waals surface area contributed by atoms with Gasteiger partial charge in [0.15, 0.2) is 0 Å². The van der Waals surface area contributed by atoms with E-state index in [9.17, 15) is 2.74 Å². The Bertz CT molecular complexity index is 2490. The zero-order valence-electron chi connectivity index (χ0n) is 33.0. The number of hydrogen-bond acceptors (Lipinski definition) is 4. The Balaban J connectivity index is 0.00000435. The average molecular weight is 857 g/mol. The van der Waals surface area contributed by atoms with Crippen LogP contribution in [0.5, 0.6) is 11.5 Å². The monoisotopic (exact) mass is 856 g/mol. The molecule has 0 amide bonds. The molecule has 51 heavy (non-hydrogen) atoms. The molecule has 0 unspecified atom stereocenters. The number of aromatic nitrogens is 2. The van der Waals surface area contributed by atoms with Gasteiger partial charge in [-0.15, -0.1) is 29.8 Å². The maximum Gasteiger partial charge on any atom is 2.00 e. The molecule has 0 bridgehead atoms. The van der Waals surface area contributed by atoms with Crippen molar-refractivity contribution in [1.29, 1.82) is 0 Å². The molecule has 4 aromatic carbocycles. The largest absolute Gasteiger partial charge is 2.00 e. The molecule has 2 atom stereocenters. The van der Waals surface area contributed by atoms with Gasteiger partial charge in [-0.3, -0.25) is 4.99 Å². The third-order valence-corrected chi connectivity index (χ3v) is 10.8. The van der Waals surface area contributed by atoms with Crippen LogP contribution >= 0.6 is 0 Å². The number of aliphatic imine (C=N–C) groups is 1.